The standard InChI is InChI=1S/C17H18N2O5/c1-23-15-13(8-5-9-18-15)10-14(16(20)21)19-17(22)24-11-12-6-3-2-4-7-12/h2-9,14H,10-11H2,1H3,(H,19,22)(H,20,21). The quantitative estimate of drug-likeness (QED) is 0.806. The van der Waals surface area contributed by atoms with Gasteiger partial charge in [0.2, 0.25) is 5.88 Å². The van der Waals surface area contributed by atoms with Gasteiger partial charge in [0.15, 0.2) is 0 Å². The number of pyridine rings is 1. The van der Waals surface area contributed by atoms with Crippen LogP contribution >= 0.6 is 0 Å². The van der Waals surface area contributed by atoms with Crippen LogP contribution in [-0.4, -0.2) is 35.3 Å². The molecule has 2 rings (SSSR count). The number of aliphatic carboxylic acids is 1. The molecule has 1 unspecified atom stereocenters. The van der Waals surface area contributed by atoms with Crippen LogP contribution in [0.4, 0.5) is 4.79 Å². The molecule has 0 spiro atoms. The van der Waals surface area contributed by atoms with Crippen LogP contribution in [0.3, 0.4) is 0 Å². The monoisotopic (exact) mass is 330 g/mol. The third-order valence-corrected chi connectivity index (χ3v) is 3.27. The number of benzene rings is 1. The Labute approximate surface area is 139 Å². The van der Waals surface area contributed by atoms with Gasteiger partial charge in [-0.05, 0) is 11.6 Å². The minimum absolute atomic E-state index is 0.0345. The summed E-state index contributed by atoms with van der Waals surface area (Å²) in [5.41, 5.74) is 1.39. The predicted molar refractivity (Wildman–Crippen MR) is 85.7 cm³/mol. The van der Waals surface area contributed by atoms with E-state index in [9.17, 15) is 14.7 Å². The lowest BCUT2D eigenvalue weighted by Crippen LogP contribution is -2.42. The third kappa shape index (κ3) is 4.98. The topological polar surface area (TPSA) is 97.8 Å². The molecule has 0 aliphatic rings. The van der Waals surface area contributed by atoms with Crippen LogP contribution in [0.1, 0.15) is 11.1 Å². The molecule has 126 valence electrons. The van der Waals surface area contributed by atoms with Crippen LogP contribution in [0.2, 0.25) is 0 Å². The molecule has 1 aromatic carbocycles. The number of nitrogens with zero attached hydrogens (tertiary/aromatic N) is 1. The molecule has 1 atom stereocenters. The summed E-state index contributed by atoms with van der Waals surface area (Å²) >= 11 is 0. The number of aromatic nitrogens is 1. The number of amides is 1. The van der Waals surface area contributed by atoms with Crippen LogP contribution in [0.15, 0.2) is 48.7 Å². The number of rotatable bonds is 7. The number of hydrogen-bond acceptors (Lipinski definition) is 5. The van der Waals surface area contributed by atoms with E-state index in [0.717, 1.165) is 5.56 Å². The van der Waals surface area contributed by atoms with Gasteiger partial charge in [0.25, 0.3) is 0 Å². The van der Waals surface area contributed by atoms with Gasteiger partial charge in [-0.15, -0.1) is 0 Å². The fourth-order valence-electron chi connectivity index (χ4n) is 2.09. The molecular formula is C17H18N2O5. The van der Waals surface area contributed by atoms with Crippen LogP contribution in [-0.2, 0) is 22.6 Å². The maximum absolute atomic E-state index is 11.8. The normalized spacial score (nSPS) is 11.4. The lowest BCUT2D eigenvalue weighted by Gasteiger charge is -2.15. The van der Waals surface area contributed by atoms with E-state index in [1.54, 1.807) is 18.3 Å². The molecule has 24 heavy (non-hydrogen) atoms. The van der Waals surface area contributed by atoms with E-state index in [1.807, 2.05) is 30.3 Å². The maximum Gasteiger partial charge on any atom is 0.408 e. The van der Waals surface area contributed by atoms with E-state index in [0.29, 0.717) is 11.4 Å². The van der Waals surface area contributed by atoms with Crippen molar-refractivity contribution in [3.05, 3.63) is 59.8 Å². The van der Waals surface area contributed by atoms with Crippen LogP contribution in [0.25, 0.3) is 0 Å². The minimum Gasteiger partial charge on any atom is -0.481 e. The maximum atomic E-state index is 11.8. The minimum atomic E-state index is -1.17. The highest BCUT2D eigenvalue weighted by atomic mass is 16.5. The first kappa shape index (κ1) is 17.3. The molecule has 0 bridgehead atoms. The first-order valence-electron chi connectivity index (χ1n) is 7.28. The first-order valence-corrected chi connectivity index (χ1v) is 7.28. The number of nitrogens with one attached hydrogen (secondary N) is 1. The highest BCUT2D eigenvalue weighted by molar-refractivity contribution is 5.80. The second kappa shape index (κ2) is 8.52. The van der Waals surface area contributed by atoms with Crippen molar-refractivity contribution in [3.8, 4) is 5.88 Å². The Bertz CT molecular complexity index is 690. The van der Waals surface area contributed by atoms with Gasteiger partial charge in [-0.3, -0.25) is 0 Å². The Morgan fingerprint density at radius 2 is 1.96 bits per heavy atom. The largest absolute Gasteiger partial charge is 0.481 e. The van der Waals surface area contributed by atoms with Crippen LogP contribution in [0.5, 0.6) is 5.88 Å². The van der Waals surface area contributed by atoms with Gasteiger partial charge >= 0.3 is 12.1 Å². The fraction of sp³-hybridized carbons (Fsp3) is 0.235. The molecule has 1 amide bonds. The first-order chi connectivity index (χ1) is 11.6. The van der Waals surface area contributed by atoms with Crippen molar-refractivity contribution in [3.63, 3.8) is 0 Å². The molecule has 7 nitrogen and oxygen atoms in total. The predicted octanol–water partition coefficient (Wildman–Crippen LogP) is 2.01. The molecule has 0 saturated heterocycles. The van der Waals surface area contributed by atoms with Crippen molar-refractivity contribution in [1.82, 2.24) is 10.3 Å². The second-order valence-electron chi connectivity index (χ2n) is 4.97. The molecule has 0 radical (unpaired) electrons. The number of carboxylic acid groups (broad SMARTS) is 1. The highest BCUT2D eigenvalue weighted by Gasteiger charge is 2.23. The average molecular weight is 330 g/mol. The number of carbonyl (C=O) groups excluding carboxylic acids is 1. The number of alkyl carbamates (subject to hydrolysis) is 1. The van der Waals surface area contributed by atoms with E-state index in [-0.39, 0.29) is 13.0 Å². The molecule has 1 heterocycles. The number of carboxylic acids is 1. The summed E-state index contributed by atoms with van der Waals surface area (Å²) in [5.74, 6) is -0.847. The summed E-state index contributed by atoms with van der Waals surface area (Å²) in [6.07, 6.45) is 0.779. The Hall–Kier alpha value is -3.09. The lowest BCUT2D eigenvalue weighted by atomic mass is 10.1. The van der Waals surface area contributed by atoms with Crippen LogP contribution in [0, 0.1) is 0 Å². The molecule has 0 aliphatic heterocycles. The molecular weight excluding hydrogens is 312 g/mol. The molecule has 0 fully saturated rings. The van der Waals surface area contributed by atoms with Gasteiger partial charge in [-0.2, -0.15) is 0 Å². The summed E-state index contributed by atoms with van der Waals surface area (Å²) in [7, 11) is 1.45. The SMILES string of the molecule is COc1ncccc1CC(NC(=O)OCc1ccccc1)C(=O)O. The Morgan fingerprint density at radius 1 is 1.21 bits per heavy atom. The van der Waals surface area contributed by atoms with E-state index in [2.05, 4.69) is 10.3 Å². The third-order valence-electron chi connectivity index (χ3n) is 3.27. The van der Waals surface area contributed by atoms with Gasteiger partial charge < -0.3 is 19.9 Å². The van der Waals surface area contributed by atoms with Gasteiger partial charge in [-0.1, -0.05) is 36.4 Å². The average Bonchev–Trinajstić information content (AvgIpc) is 2.60. The van der Waals surface area contributed by atoms with E-state index in [1.165, 1.54) is 7.11 Å². The molecule has 1 aromatic heterocycles. The van der Waals surface area contributed by atoms with Gasteiger partial charge in [-0.25, -0.2) is 14.6 Å². The van der Waals surface area contributed by atoms with E-state index in [4.69, 9.17) is 9.47 Å². The van der Waals surface area contributed by atoms with Crippen molar-refractivity contribution in [2.75, 3.05) is 7.11 Å². The summed E-state index contributed by atoms with van der Waals surface area (Å²) in [4.78, 5) is 27.2. The zero-order valence-electron chi connectivity index (χ0n) is 13.1. The van der Waals surface area contributed by atoms with Gasteiger partial charge in [0, 0.05) is 18.2 Å². The molecule has 0 saturated carbocycles. The van der Waals surface area contributed by atoms with Crippen LogP contribution < -0.4 is 10.1 Å². The molecule has 7 heteroatoms. The second-order valence-corrected chi connectivity index (χ2v) is 4.97. The number of carbonyl (C=O) groups is 2. The zero-order chi connectivity index (χ0) is 17.4. The van der Waals surface area contributed by atoms with E-state index < -0.39 is 18.1 Å². The molecule has 2 aromatic rings. The summed E-state index contributed by atoms with van der Waals surface area (Å²) in [5, 5.41) is 11.6. The summed E-state index contributed by atoms with van der Waals surface area (Å²) < 4.78 is 10.1. The van der Waals surface area contributed by atoms with Crippen molar-refractivity contribution >= 4 is 12.1 Å². The molecule has 0 aliphatic carbocycles. The van der Waals surface area contributed by atoms with Crippen molar-refractivity contribution in [2.24, 2.45) is 0 Å². The summed E-state index contributed by atoms with van der Waals surface area (Å²) in [6, 6.07) is 11.3. The Balaban J connectivity index is 1.95. The Kier molecular flexibility index (Phi) is 6.13. The smallest absolute Gasteiger partial charge is 0.408 e. The fourth-order valence-corrected chi connectivity index (χ4v) is 2.09. The lowest BCUT2D eigenvalue weighted by molar-refractivity contribution is -0.139. The van der Waals surface area contributed by atoms with Crippen molar-refractivity contribution in [2.45, 2.75) is 19.1 Å². The number of ether oxygens (including phenoxy) is 2. The summed E-state index contributed by atoms with van der Waals surface area (Å²) in [6.45, 7) is 0.0647. The zero-order valence-corrected chi connectivity index (χ0v) is 13.1. The molecule has 2 N–H and O–H groups in total. The number of hydrogen-bond donors (Lipinski definition) is 2. The Morgan fingerprint density at radius 3 is 2.62 bits per heavy atom. The van der Waals surface area contributed by atoms with Crippen molar-refractivity contribution in [1.29, 1.82) is 0 Å². The van der Waals surface area contributed by atoms with Crippen molar-refractivity contribution < 1.29 is 24.2 Å². The highest BCUT2D eigenvalue weighted by Crippen LogP contribution is 2.16. The number of methoxy groups -OCH3 is 1. The van der Waals surface area contributed by atoms with E-state index >= 15 is 0 Å². The van der Waals surface area contributed by atoms with Gasteiger partial charge in [0.05, 0.1) is 7.11 Å². The van der Waals surface area contributed by atoms with Gasteiger partial charge in [0.1, 0.15) is 12.6 Å².